The molecule has 35 heavy (non-hydrogen) atoms. The predicted octanol–water partition coefficient (Wildman–Crippen LogP) is 8.00. The Bertz CT molecular complexity index is 985. The van der Waals surface area contributed by atoms with Crippen molar-refractivity contribution >= 4 is 5.97 Å². The molecule has 186 valence electrons. The number of esters is 1. The summed E-state index contributed by atoms with van der Waals surface area (Å²) in [5.41, 5.74) is 4.05. The van der Waals surface area contributed by atoms with E-state index in [4.69, 9.17) is 4.74 Å². The Morgan fingerprint density at radius 3 is 2.06 bits per heavy atom. The van der Waals surface area contributed by atoms with Gasteiger partial charge >= 0.3 is 5.97 Å². The fourth-order valence-corrected chi connectivity index (χ4v) is 4.17. The highest BCUT2D eigenvalue weighted by Crippen LogP contribution is 2.18. The van der Waals surface area contributed by atoms with Crippen molar-refractivity contribution in [1.82, 2.24) is 9.97 Å². The van der Waals surface area contributed by atoms with Crippen LogP contribution in [0, 0.1) is 0 Å². The van der Waals surface area contributed by atoms with Gasteiger partial charge in [-0.1, -0.05) is 94.3 Å². The van der Waals surface area contributed by atoms with Gasteiger partial charge in [-0.3, -0.25) is 0 Å². The van der Waals surface area contributed by atoms with Crippen LogP contribution in [0.2, 0.25) is 0 Å². The Hall–Kier alpha value is -3.01. The van der Waals surface area contributed by atoms with Crippen molar-refractivity contribution in [2.24, 2.45) is 0 Å². The van der Waals surface area contributed by atoms with Crippen LogP contribution in [0.25, 0.3) is 11.4 Å². The molecule has 0 saturated heterocycles. The molecule has 0 spiro atoms. The van der Waals surface area contributed by atoms with E-state index in [1.54, 1.807) is 12.1 Å². The summed E-state index contributed by atoms with van der Waals surface area (Å²) in [4.78, 5) is 21.3. The van der Waals surface area contributed by atoms with Crippen LogP contribution in [0.4, 0.5) is 0 Å². The lowest BCUT2D eigenvalue weighted by Gasteiger charge is -2.13. The second-order valence-electron chi connectivity index (χ2n) is 9.46. The van der Waals surface area contributed by atoms with Gasteiger partial charge in [-0.15, -0.1) is 0 Å². The van der Waals surface area contributed by atoms with Gasteiger partial charge in [0.25, 0.3) is 0 Å². The Morgan fingerprint density at radius 2 is 1.40 bits per heavy atom. The van der Waals surface area contributed by atoms with Gasteiger partial charge in [-0.05, 0) is 55.9 Å². The molecular weight excluding hydrogens is 432 g/mol. The van der Waals surface area contributed by atoms with Gasteiger partial charge in [-0.25, -0.2) is 14.8 Å². The second kappa shape index (κ2) is 15.1. The zero-order valence-electron chi connectivity index (χ0n) is 21.4. The van der Waals surface area contributed by atoms with Gasteiger partial charge in [0.2, 0.25) is 0 Å². The average Bonchev–Trinajstić information content (AvgIpc) is 2.90. The minimum Gasteiger partial charge on any atom is -0.459 e. The molecule has 2 aromatic carbocycles. The first-order valence-corrected chi connectivity index (χ1v) is 13.3. The normalized spacial score (nSPS) is 11.8. The maximum absolute atomic E-state index is 12.2. The second-order valence-corrected chi connectivity index (χ2v) is 9.46. The highest BCUT2D eigenvalue weighted by molar-refractivity contribution is 5.89. The van der Waals surface area contributed by atoms with Crippen molar-refractivity contribution in [1.29, 1.82) is 0 Å². The summed E-state index contributed by atoms with van der Waals surface area (Å²) in [5, 5.41) is 0. The average molecular weight is 473 g/mol. The number of aromatic nitrogens is 2. The van der Waals surface area contributed by atoms with Crippen LogP contribution < -0.4 is 0 Å². The largest absolute Gasteiger partial charge is 0.459 e. The molecule has 4 nitrogen and oxygen atoms in total. The van der Waals surface area contributed by atoms with Crippen molar-refractivity contribution in [3.8, 4) is 11.4 Å². The Balaban J connectivity index is 1.37. The molecule has 0 saturated carbocycles. The molecule has 0 N–H and O–H groups in total. The van der Waals surface area contributed by atoms with Gasteiger partial charge < -0.3 is 4.74 Å². The lowest BCUT2D eigenvalue weighted by Crippen LogP contribution is -2.15. The molecular formula is C31H40N2O2. The molecule has 0 bridgehead atoms. The summed E-state index contributed by atoms with van der Waals surface area (Å²) in [6.07, 6.45) is 17.0. The van der Waals surface area contributed by atoms with Crippen molar-refractivity contribution < 1.29 is 9.53 Å². The lowest BCUT2D eigenvalue weighted by atomic mass is 10.0. The number of aryl methyl sites for hydroxylation is 2. The third-order valence-corrected chi connectivity index (χ3v) is 6.39. The molecule has 0 amide bonds. The maximum Gasteiger partial charge on any atom is 0.338 e. The summed E-state index contributed by atoms with van der Waals surface area (Å²) in [7, 11) is 0. The van der Waals surface area contributed by atoms with Gasteiger partial charge in [-0.2, -0.15) is 0 Å². The molecule has 0 aliphatic carbocycles. The first kappa shape index (κ1) is 26.6. The number of rotatable bonds is 15. The Kier molecular flexibility index (Phi) is 11.5. The third-order valence-electron chi connectivity index (χ3n) is 6.39. The molecule has 3 rings (SSSR count). The number of unbranched alkanes of at least 4 members (excludes halogenated alkanes) is 7. The number of nitrogens with zero attached hydrogens (tertiary/aromatic N) is 2. The summed E-state index contributed by atoms with van der Waals surface area (Å²) >= 11 is 0. The zero-order valence-corrected chi connectivity index (χ0v) is 21.4. The van der Waals surface area contributed by atoms with E-state index in [0.717, 1.165) is 36.2 Å². The molecule has 1 unspecified atom stereocenters. The number of carbonyl (C=O) groups is 1. The number of benzene rings is 2. The van der Waals surface area contributed by atoms with Crippen LogP contribution in [0.1, 0.15) is 93.1 Å². The van der Waals surface area contributed by atoms with Crippen LogP contribution in [0.3, 0.4) is 0 Å². The summed E-state index contributed by atoms with van der Waals surface area (Å²) in [6, 6.07) is 17.8. The highest BCUT2D eigenvalue weighted by Gasteiger charge is 2.12. The zero-order chi connectivity index (χ0) is 24.7. The predicted molar refractivity (Wildman–Crippen MR) is 143 cm³/mol. The summed E-state index contributed by atoms with van der Waals surface area (Å²) in [6.45, 7) is 4.19. The summed E-state index contributed by atoms with van der Waals surface area (Å²) in [5.74, 6) is 0.464. The van der Waals surface area contributed by atoms with E-state index in [9.17, 15) is 4.79 Å². The van der Waals surface area contributed by atoms with E-state index in [0.29, 0.717) is 5.56 Å². The number of ether oxygens (including phenoxy) is 1. The monoisotopic (exact) mass is 472 g/mol. The van der Waals surface area contributed by atoms with Crippen molar-refractivity contribution in [2.45, 2.75) is 90.6 Å². The van der Waals surface area contributed by atoms with E-state index >= 15 is 0 Å². The molecule has 4 heteroatoms. The number of hydrogen-bond donors (Lipinski definition) is 0. The van der Waals surface area contributed by atoms with E-state index < -0.39 is 0 Å². The van der Waals surface area contributed by atoms with Crippen LogP contribution in [-0.4, -0.2) is 22.0 Å². The van der Waals surface area contributed by atoms with Crippen molar-refractivity contribution in [3.05, 3.63) is 83.7 Å². The SMILES string of the molecule is CCCCCCCCCCc1ccc(-c2ncc(CCC(C)OC(=O)c3ccccc3)cn2)cc1. The van der Waals surface area contributed by atoms with Crippen molar-refractivity contribution in [3.63, 3.8) is 0 Å². The van der Waals surface area contributed by atoms with Crippen molar-refractivity contribution in [2.75, 3.05) is 0 Å². The van der Waals surface area contributed by atoms with Gasteiger partial charge in [0, 0.05) is 18.0 Å². The molecule has 0 aliphatic heterocycles. The quantitative estimate of drug-likeness (QED) is 0.166. The maximum atomic E-state index is 12.2. The molecule has 1 heterocycles. The van der Waals surface area contributed by atoms with E-state index in [-0.39, 0.29) is 12.1 Å². The van der Waals surface area contributed by atoms with Crippen LogP contribution in [0.15, 0.2) is 67.0 Å². The lowest BCUT2D eigenvalue weighted by molar-refractivity contribution is 0.0325. The molecule has 3 aromatic rings. The van der Waals surface area contributed by atoms with Gasteiger partial charge in [0.05, 0.1) is 11.7 Å². The molecule has 0 radical (unpaired) electrons. The minimum absolute atomic E-state index is 0.170. The highest BCUT2D eigenvalue weighted by atomic mass is 16.5. The van der Waals surface area contributed by atoms with Crippen LogP contribution in [0.5, 0.6) is 0 Å². The molecule has 0 aliphatic rings. The van der Waals surface area contributed by atoms with E-state index in [1.807, 2.05) is 37.5 Å². The topological polar surface area (TPSA) is 52.1 Å². The van der Waals surface area contributed by atoms with E-state index in [1.165, 1.54) is 56.9 Å². The Morgan fingerprint density at radius 1 is 0.771 bits per heavy atom. The third kappa shape index (κ3) is 9.64. The van der Waals surface area contributed by atoms with Gasteiger partial charge in [0.15, 0.2) is 5.82 Å². The summed E-state index contributed by atoms with van der Waals surface area (Å²) < 4.78 is 5.54. The Labute approximate surface area is 211 Å². The smallest absolute Gasteiger partial charge is 0.338 e. The number of hydrogen-bond acceptors (Lipinski definition) is 4. The fraction of sp³-hybridized carbons (Fsp3) is 0.452. The standard InChI is InChI=1S/C31H40N2O2/c1-3-4-5-6-7-8-9-11-14-26-19-21-28(22-20-26)30-32-23-27(24-33-30)18-17-25(2)35-31(34)29-15-12-10-13-16-29/h10,12-13,15-16,19-25H,3-9,11,14,17-18H2,1-2H3. The van der Waals surface area contributed by atoms with E-state index in [2.05, 4.69) is 41.2 Å². The molecule has 1 atom stereocenters. The first-order chi connectivity index (χ1) is 17.2. The fourth-order valence-electron chi connectivity index (χ4n) is 4.17. The molecule has 1 aromatic heterocycles. The van der Waals surface area contributed by atoms with Crippen LogP contribution >= 0.6 is 0 Å². The first-order valence-electron chi connectivity index (χ1n) is 13.3. The number of carbonyl (C=O) groups excluding carboxylic acids is 1. The molecule has 0 fully saturated rings. The minimum atomic E-state index is -0.282. The van der Waals surface area contributed by atoms with Crippen LogP contribution in [-0.2, 0) is 17.6 Å². The van der Waals surface area contributed by atoms with Gasteiger partial charge in [0.1, 0.15) is 0 Å².